The quantitative estimate of drug-likeness (QED) is 0.836. The van der Waals surface area contributed by atoms with Gasteiger partial charge in [0.25, 0.3) is 10.0 Å². The van der Waals surface area contributed by atoms with E-state index in [1.54, 1.807) is 11.6 Å². The molecule has 2 heterocycles. The van der Waals surface area contributed by atoms with Crippen LogP contribution in [0.15, 0.2) is 16.6 Å². The number of halogens is 1. The van der Waals surface area contributed by atoms with Crippen LogP contribution in [0, 0.1) is 0 Å². The number of nitrogens with zero attached hydrogens (tertiary/aromatic N) is 2. The molecule has 0 aliphatic rings. The molecule has 0 unspecified atom stereocenters. The second kappa shape index (κ2) is 4.84. The number of hydrogen-bond donors (Lipinski definition) is 2. The summed E-state index contributed by atoms with van der Waals surface area (Å²) >= 11 is 7.06. The van der Waals surface area contributed by atoms with Crippen LogP contribution in [0.5, 0.6) is 0 Å². The zero-order valence-corrected chi connectivity index (χ0v) is 11.6. The zero-order valence-electron chi connectivity index (χ0n) is 9.18. The first-order chi connectivity index (χ1) is 8.45. The molecule has 2 rings (SSSR count). The number of nitrogens with one attached hydrogen (secondary N) is 2. The zero-order chi connectivity index (χ0) is 13.3. The monoisotopic (exact) mass is 308 g/mol. The normalized spacial score (nSPS) is 11.9. The molecule has 0 atom stereocenters. The predicted molar refractivity (Wildman–Crippen MR) is 67.3 cm³/mol. The largest absolute Gasteiger partial charge is 0.358 e. The van der Waals surface area contributed by atoms with Crippen molar-refractivity contribution >= 4 is 43.8 Å². The van der Waals surface area contributed by atoms with Gasteiger partial charge in [-0.05, 0) is 0 Å². The van der Waals surface area contributed by atoms with Crippen molar-refractivity contribution in [1.29, 1.82) is 0 Å². The molecule has 0 aromatic carbocycles. The number of thiazole rings is 1. The predicted octanol–water partition coefficient (Wildman–Crippen LogP) is 0.0735. The molecule has 18 heavy (non-hydrogen) atoms. The van der Waals surface area contributed by atoms with Crippen LogP contribution in [0.4, 0.5) is 0 Å². The highest BCUT2D eigenvalue weighted by Crippen LogP contribution is 2.24. The first kappa shape index (κ1) is 13.3. The smallest absolute Gasteiger partial charge is 0.260 e. The minimum Gasteiger partial charge on any atom is -0.358 e. The van der Waals surface area contributed by atoms with Gasteiger partial charge in [0.05, 0.1) is 6.54 Å². The standard InChI is InChI=1S/C8H9ClN4O3S2/c1-10-5(14)4-11-18(15,16)7-6(9)12-8-13(7)2-3-17-8/h2-3,11H,4H2,1H3,(H,10,14). The number of fused-ring (bicyclic) bond motifs is 1. The van der Waals surface area contributed by atoms with Gasteiger partial charge in [-0.2, -0.15) is 0 Å². The van der Waals surface area contributed by atoms with Crippen molar-refractivity contribution in [3.63, 3.8) is 0 Å². The van der Waals surface area contributed by atoms with E-state index in [-0.39, 0.29) is 16.7 Å². The van der Waals surface area contributed by atoms with Crippen LogP contribution in [0.2, 0.25) is 5.15 Å². The number of carbonyl (C=O) groups is 1. The van der Waals surface area contributed by atoms with E-state index in [4.69, 9.17) is 11.6 Å². The summed E-state index contributed by atoms with van der Waals surface area (Å²) in [6.07, 6.45) is 1.55. The van der Waals surface area contributed by atoms with Crippen LogP contribution >= 0.6 is 22.9 Å². The maximum Gasteiger partial charge on any atom is 0.260 e. The van der Waals surface area contributed by atoms with Crippen LogP contribution in [-0.4, -0.2) is 37.3 Å². The average Bonchev–Trinajstić information content (AvgIpc) is 2.84. The SMILES string of the molecule is CNC(=O)CNS(=O)(=O)c1c(Cl)nc2sccn12. The minimum atomic E-state index is -3.88. The van der Waals surface area contributed by atoms with E-state index >= 15 is 0 Å². The van der Waals surface area contributed by atoms with Crippen molar-refractivity contribution in [2.24, 2.45) is 0 Å². The lowest BCUT2D eigenvalue weighted by Crippen LogP contribution is -2.35. The summed E-state index contributed by atoms with van der Waals surface area (Å²) in [5, 5.41) is 3.72. The molecule has 0 bridgehead atoms. The fraction of sp³-hybridized carbons (Fsp3) is 0.250. The Morgan fingerprint density at radius 2 is 2.33 bits per heavy atom. The van der Waals surface area contributed by atoms with Gasteiger partial charge in [0.1, 0.15) is 0 Å². The van der Waals surface area contributed by atoms with Gasteiger partial charge >= 0.3 is 0 Å². The van der Waals surface area contributed by atoms with Gasteiger partial charge in [0.15, 0.2) is 15.1 Å². The number of imidazole rings is 1. The van der Waals surface area contributed by atoms with Crippen molar-refractivity contribution in [2.75, 3.05) is 13.6 Å². The number of aromatic nitrogens is 2. The molecule has 0 fully saturated rings. The summed E-state index contributed by atoms with van der Waals surface area (Å²) < 4.78 is 27.5. The summed E-state index contributed by atoms with van der Waals surface area (Å²) in [5.74, 6) is -0.444. The Balaban J connectivity index is 2.37. The van der Waals surface area contributed by atoms with Crippen molar-refractivity contribution < 1.29 is 13.2 Å². The molecule has 0 saturated heterocycles. The Kier molecular flexibility index (Phi) is 3.57. The maximum absolute atomic E-state index is 12.0. The number of likely N-dealkylation sites (N-methyl/N-ethyl adjacent to an activating group) is 1. The third-order valence-electron chi connectivity index (χ3n) is 2.13. The Morgan fingerprint density at radius 3 is 3.00 bits per heavy atom. The second-order valence-corrected chi connectivity index (χ2v) is 6.17. The van der Waals surface area contributed by atoms with Gasteiger partial charge in [0.2, 0.25) is 5.91 Å². The van der Waals surface area contributed by atoms with Crippen molar-refractivity contribution in [2.45, 2.75) is 5.03 Å². The van der Waals surface area contributed by atoms with E-state index in [1.807, 2.05) is 0 Å². The Bertz CT molecular complexity index is 690. The molecule has 2 aromatic heterocycles. The summed E-state index contributed by atoms with van der Waals surface area (Å²) in [7, 11) is -2.47. The third kappa shape index (κ3) is 2.34. The molecule has 10 heteroatoms. The molecular formula is C8H9ClN4O3S2. The summed E-state index contributed by atoms with van der Waals surface area (Å²) in [4.78, 5) is 15.4. The minimum absolute atomic E-state index is 0.119. The first-order valence-electron chi connectivity index (χ1n) is 4.77. The van der Waals surface area contributed by atoms with Gasteiger partial charge in [-0.3, -0.25) is 9.20 Å². The summed E-state index contributed by atoms with van der Waals surface area (Å²) in [5.41, 5.74) is 0. The highest BCUT2D eigenvalue weighted by atomic mass is 35.5. The lowest BCUT2D eigenvalue weighted by molar-refractivity contribution is -0.119. The van der Waals surface area contributed by atoms with E-state index in [1.165, 1.54) is 22.8 Å². The van der Waals surface area contributed by atoms with Crippen molar-refractivity contribution in [3.05, 3.63) is 16.7 Å². The fourth-order valence-electron chi connectivity index (χ4n) is 1.30. The number of carbonyl (C=O) groups excluding carboxylic acids is 1. The molecule has 0 radical (unpaired) electrons. The summed E-state index contributed by atoms with van der Waals surface area (Å²) in [6, 6.07) is 0. The van der Waals surface area contributed by atoms with Gasteiger partial charge < -0.3 is 5.32 Å². The van der Waals surface area contributed by atoms with Gasteiger partial charge in [0, 0.05) is 18.6 Å². The van der Waals surface area contributed by atoms with E-state index in [0.29, 0.717) is 4.96 Å². The highest BCUT2D eigenvalue weighted by molar-refractivity contribution is 7.89. The lowest BCUT2D eigenvalue weighted by atomic mass is 10.6. The highest BCUT2D eigenvalue weighted by Gasteiger charge is 2.25. The average molecular weight is 309 g/mol. The molecule has 0 saturated carbocycles. The van der Waals surface area contributed by atoms with Crippen LogP contribution in [0.1, 0.15) is 0 Å². The molecule has 7 nitrogen and oxygen atoms in total. The molecule has 2 aromatic rings. The van der Waals surface area contributed by atoms with Crippen molar-refractivity contribution in [3.8, 4) is 0 Å². The van der Waals surface area contributed by atoms with Crippen molar-refractivity contribution in [1.82, 2.24) is 19.4 Å². The fourth-order valence-corrected chi connectivity index (χ4v) is 3.73. The van der Waals surface area contributed by atoms with E-state index in [0.717, 1.165) is 0 Å². The molecule has 2 N–H and O–H groups in total. The van der Waals surface area contributed by atoms with Gasteiger partial charge in [-0.25, -0.2) is 18.1 Å². The lowest BCUT2D eigenvalue weighted by Gasteiger charge is -2.05. The summed E-state index contributed by atoms with van der Waals surface area (Å²) in [6.45, 7) is -0.355. The molecule has 0 spiro atoms. The topological polar surface area (TPSA) is 92.6 Å². The number of sulfonamides is 1. The number of amides is 1. The first-order valence-corrected chi connectivity index (χ1v) is 7.51. The third-order valence-corrected chi connectivity index (χ3v) is 4.69. The Labute approximate surface area is 112 Å². The number of rotatable bonds is 4. The Hall–Kier alpha value is -1.16. The maximum atomic E-state index is 12.0. The van der Waals surface area contributed by atoms with Gasteiger partial charge in [-0.15, -0.1) is 11.3 Å². The van der Waals surface area contributed by atoms with E-state index < -0.39 is 15.9 Å². The van der Waals surface area contributed by atoms with E-state index in [2.05, 4.69) is 15.0 Å². The van der Waals surface area contributed by atoms with E-state index in [9.17, 15) is 13.2 Å². The second-order valence-electron chi connectivity index (χ2n) is 3.26. The molecule has 98 valence electrons. The molecular weight excluding hydrogens is 300 g/mol. The molecule has 1 amide bonds. The van der Waals surface area contributed by atoms with Crippen LogP contribution in [0.25, 0.3) is 4.96 Å². The molecule has 0 aliphatic carbocycles. The Morgan fingerprint density at radius 1 is 1.61 bits per heavy atom. The van der Waals surface area contributed by atoms with Crippen LogP contribution in [-0.2, 0) is 14.8 Å². The van der Waals surface area contributed by atoms with Crippen LogP contribution in [0.3, 0.4) is 0 Å². The number of hydrogen-bond acceptors (Lipinski definition) is 5. The molecule has 0 aliphatic heterocycles. The van der Waals surface area contributed by atoms with Gasteiger partial charge in [-0.1, -0.05) is 11.6 Å². The van der Waals surface area contributed by atoms with Crippen LogP contribution < -0.4 is 10.0 Å².